The Bertz CT molecular complexity index is 1470. The number of nitrogens with one attached hydrogen (secondary N) is 3. The average molecular weight is 473 g/mol. The van der Waals surface area contributed by atoms with Crippen molar-refractivity contribution >= 4 is 22.6 Å². The van der Waals surface area contributed by atoms with Crippen LogP contribution >= 0.6 is 0 Å². The van der Waals surface area contributed by atoms with E-state index in [1.54, 1.807) is 17.9 Å². The van der Waals surface area contributed by atoms with Gasteiger partial charge in [0.1, 0.15) is 11.8 Å². The van der Waals surface area contributed by atoms with Crippen molar-refractivity contribution in [1.29, 1.82) is 0 Å². The number of pyridine rings is 1. The molecule has 4 aromatic rings. The normalized spacial score (nSPS) is 14.7. The fourth-order valence-corrected chi connectivity index (χ4v) is 4.63. The summed E-state index contributed by atoms with van der Waals surface area (Å²) in [5.41, 5.74) is 5.33. The lowest BCUT2D eigenvalue weighted by molar-refractivity contribution is -0.124. The molecule has 0 spiro atoms. The van der Waals surface area contributed by atoms with Crippen LogP contribution in [-0.4, -0.2) is 32.5 Å². The molecule has 0 fully saturated rings. The van der Waals surface area contributed by atoms with Gasteiger partial charge in [0.05, 0.1) is 13.7 Å². The molecule has 180 valence electrons. The number of carbonyl (C=O) groups is 1. The molecule has 1 aromatic carbocycles. The van der Waals surface area contributed by atoms with Crippen LogP contribution in [0.25, 0.3) is 10.9 Å². The van der Waals surface area contributed by atoms with Gasteiger partial charge in [0.2, 0.25) is 5.91 Å². The molecule has 1 amide bonds. The van der Waals surface area contributed by atoms with E-state index < -0.39 is 6.04 Å². The molecule has 4 heterocycles. The van der Waals surface area contributed by atoms with Gasteiger partial charge in [-0.3, -0.25) is 19.1 Å². The number of amides is 1. The second-order valence-electron chi connectivity index (χ2n) is 8.97. The van der Waals surface area contributed by atoms with Crippen molar-refractivity contribution in [3.8, 4) is 5.75 Å². The Balaban J connectivity index is 1.29. The lowest BCUT2D eigenvalue weighted by Gasteiger charge is -2.16. The van der Waals surface area contributed by atoms with Crippen LogP contribution in [0, 0.1) is 13.8 Å². The standard InChI is InChI=1S/C26H28N6O3/c1-15-6-17(9-21(7-15)35-3)11-28-24-26(34)32-20(14-29-24)4-5-23(32)25(33)30-13-19-10-18-12-27-16(2)8-22(18)31-19/h6-10,12,14,23,31H,4-5,11,13H2,1-3H3,(H,28,29)(H,30,33)/t23-/m0/s1. The Morgan fingerprint density at radius 2 is 2.00 bits per heavy atom. The number of H-pyrrole nitrogens is 1. The third-order valence-electron chi connectivity index (χ3n) is 6.32. The van der Waals surface area contributed by atoms with Gasteiger partial charge in [-0.15, -0.1) is 0 Å². The third kappa shape index (κ3) is 4.62. The topological polar surface area (TPSA) is 114 Å². The number of carbonyl (C=O) groups excluding carboxylic acids is 1. The summed E-state index contributed by atoms with van der Waals surface area (Å²) in [6, 6.07) is 9.28. The smallest absolute Gasteiger partial charge is 0.294 e. The van der Waals surface area contributed by atoms with Gasteiger partial charge in [-0.1, -0.05) is 6.07 Å². The number of anilines is 1. The lowest BCUT2D eigenvalue weighted by Crippen LogP contribution is -2.36. The minimum absolute atomic E-state index is 0.181. The van der Waals surface area contributed by atoms with Gasteiger partial charge >= 0.3 is 0 Å². The molecule has 3 N–H and O–H groups in total. The minimum Gasteiger partial charge on any atom is -0.497 e. The number of methoxy groups -OCH3 is 1. The van der Waals surface area contributed by atoms with Crippen molar-refractivity contribution in [3.63, 3.8) is 0 Å². The number of hydrogen-bond acceptors (Lipinski definition) is 6. The number of fused-ring (bicyclic) bond motifs is 2. The Morgan fingerprint density at radius 3 is 2.83 bits per heavy atom. The first-order valence-electron chi connectivity index (χ1n) is 11.6. The van der Waals surface area contributed by atoms with Crippen molar-refractivity contribution in [2.75, 3.05) is 12.4 Å². The van der Waals surface area contributed by atoms with E-state index >= 15 is 0 Å². The first-order valence-corrected chi connectivity index (χ1v) is 11.6. The Morgan fingerprint density at radius 1 is 1.14 bits per heavy atom. The number of aromatic nitrogens is 4. The van der Waals surface area contributed by atoms with E-state index in [4.69, 9.17) is 4.74 Å². The molecular formula is C26H28N6O3. The zero-order chi connectivity index (χ0) is 24.5. The van der Waals surface area contributed by atoms with Crippen LogP contribution in [-0.2, 0) is 24.3 Å². The number of benzene rings is 1. The Kier molecular flexibility index (Phi) is 5.98. The Labute approximate surface area is 202 Å². The number of ether oxygens (including phenoxy) is 1. The number of aryl methyl sites for hydroxylation is 3. The highest BCUT2D eigenvalue weighted by molar-refractivity contribution is 5.82. The van der Waals surface area contributed by atoms with E-state index in [1.807, 2.05) is 50.4 Å². The fourth-order valence-electron chi connectivity index (χ4n) is 4.63. The number of hydrogen-bond donors (Lipinski definition) is 3. The molecule has 0 unspecified atom stereocenters. The molecule has 1 atom stereocenters. The van der Waals surface area contributed by atoms with E-state index in [0.717, 1.165) is 44.9 Å². The predicted octanol–water partition coefficient (Wildman–Crippen LogP) is 3.16. The molecule has 9 heteroatoms. The maximum Gasteiger partial charge on any atom is 0.294 e. The maximum absolute atomic E-state index is 13.2. The minimum atomic E-state index is -0.562. The summed E-state index contributed by atoms with van der Waals surface area (Å²) in [4.78, 5) is 38.2. The highest BCUT2D eigenvalue weighted by Gasteiger charge is 2.30. The fraction of sp³-hybridized carbons (Fsp3) is 0.308. The SMILES string of the molecule is COc1cc(C)cc(CNc2ncc3n(c2=O)[C@H](C(=O)NCc2cc4cnc(C)cc4[nH]2)CC3)c1. The van der Waals surface area contributed by atoms with Crippen molar-refractivity contribution in [2.24, 2.45) is 0 Å². The van der Waals surface area contributed by atoms with Crippen molar-refractivity contribution < 1.29 is 9.53 Å². The molecule has 0 saturated heterocycles. The Hall–Kier alpha value is -4.14. The molecule has 0 saturated carbocycles. The third-order valence-corrected chi connectivity index (χ3v) is 6.32. The molecule has 35 heavy (non-hydrogen) atoms. The molecule has 9 nitrogen and oxygen atoms in total. The van der Waals surface area contributed by atoms with E-state index in [0.29, 0.717) is 25.9 Å². The summed E-state index contributed by atoms with van der Waals surface area (Å²) in [7, 11) is 1.63. The molecule has 1 aliphatic rings. The second-order valence-corrected chi connectivity index (χ2v) is 8.97. The highest BCUT2D eigenvalue weighted by atomic mass is 16.5. The van der Waals surface area contributed by atoms with E-state index in [9.17, 15) is 9.59 Å². The average Bonchev–Trinajstić information content (AvgIpc) is 3.46. The summed E-state index contributed by atoms with van der Waals surface area (Å²) in [6.45, 7) is 4.70. The van der Waals surface area contributed by atoms with Crippen LogP contribution in [0.3, 0.4) is 0 Å². The first-order chi connectivity index (χ1) is 16.9. The quantitative estimate of drug-likeness (QED) is 0.381. The van der Waals surface area contributed by atoms with Gasteiger partial charge < -0.3 is 20.4 Å². The van der Waals surface area contributed by atoms with Crippen LogP contribution < -0.4 is 20.9 Å². The van der Waals surface area contributed by atoms with Crippen molar-refractivity contribution in [3.05, 3.63) is 81.3 Å². The zero-order valence-corrected chi connectivity index (χ0v) is 20.0. The van der Waals surface area contributed by atoms with Gasteiger partial charge in [-0.05, 0) is 62.1 Å². The molecule has 0 radical (unpaired) electrons. The largest absolute Gasteiger partial charge is 0.497 e. The lowest BCUT2D eigenvalue weighted by atomic mass is 10.1. The van der Waals surface area contributed by atoms with E-state index in [2.05, 4.69) is 25.6 Å². The number of nitrogens with zero attached hydrogens (tertiary/aromatic N) is 3. The molecular weight excluding hydrogens is 444 g/mol. The summed E-state index contributed by atoms with van der Waals surface area (Å²) < 4.78 is 6.90. The molecule has 3 aromatic heterocycles. The van der Waals surface area contributed by atoms with Crippen molar-refractivity contribution in [2.45, 2.75) is 45.8 Å². The number of aromatic amines is 1. The van der Waals surface area contributed by atoms with Crippen LogP contribution in [0.15, 0.2) is 47.5 Å². The van der Waals surface area contributed by atoms with Crippen LogP contribution in [0.4, 0.5) is 5.82 Å². The monoisotopic (exact) mass is 472 g/mol. The predicted molar refractivity (Wildman–Crippen MR) is 134 cm³/mol. The van der Waals surface area contributed by atoms with Gasteiger partial charge in [0.25, 0.3) is 5.56 Å². The summed E-state index contributed by atoms with van der Waals surface area (Å²) >= 11 is 0. The van der Waals surface area contributed by atoms with Gasteiger partial charge in [-0.2, -0.15) is 0 Å². The molecule has 0 aliphatic carbocycles. The zero-order valence-electron chi connectivity index (χ0n) is 20.0. The van der Waals surface area contributed by atoms with Crippen molar-refractivity contribution in [1.82, 2.24) is 24.8 Å². The van der Waals surface area contributed by atoms with E-state index in [-0.39, 0.29) is 17.3 Å². The van der Waals surface area contributed by atoms with Crippen LogP contribution in [0.5, 0.6) is 5.75 Å². The maximum atomic E-state index is 13.2. The second kappa shape index (κ2) is 9.25. The van der Waals surface area contributed by atoms with Crippen LogP contribution in [0.1, 0.15) is 40.7 Å². The summed E-state index contributed by atoms with van der Waals surface area (Å²) in [5.74, 6) is 0.810. The first kappa shape index (κ1) is 22.6. The number of rotatable bonds is 7. The van der Waals surface area contributed by atoms with Gasteiger partial charge in [0, 0.05) is 46.9 Å². The van der Waals surface area contributed by atoms with Gasteiger partial charge in [0.15, 0.2) is 5.82 Å². The van der Waals surface area contributed by atoms with E-state index in [1.165, 1.54) is 0 Å². The highest BCUT2D eigenvalue weighted by Crippen LogP contribution is 2.25. The van der Waals surface area contributed by atoms with Crippen LogP contribution in [0.2, 0.25) is 0 Å². The molecule has 0 bridgehead atoms. The molecule has 5 rings (SSSR count). The summed E-state index contributed by atoms with van der Waals surface area (Å²) in [5, 5.41) is 7.10. The summed E-state index contributed by atoms with van der Waals surface area (Å²) in [6.07, 6.45) is 4.69. The molecule has 1 aliphatic heterocycles. The van der Waals surface area contributed by atoms with Gasteiger partial charge in [-0.25, -0.2) is 4.98 Å².